The van der Waals surface area contributed by atoms with Crippen LogP contribution >= 0.6 is 0 Å². The van der Waals surface area contributed by atoms with Crippen molar-refractivity contribution in [1.29, 1.82) is 0 Å². The van der Waals surface area contributed by atoms with Gasteiger partial charge in [-0.2, -0.15) is 0 Å². The van der Waals surface area contributed by atoms with Crippen molar-refractivity contribution in [1.82, 2.24) is 10.2 Å². The molecule has 1 saturated heterocycles. The summed E-state index contributed by atoms with van der Waals surface area (Å²) in [5.74, 6) is 2.01. The predicted molar refractivity (Wildman–Crippen MR) is 69.8 cm³/mol. The lowest BCUT2D eigenvalue weighted by Crippen LogP contribution is -2.39. The summed E-state index contributed by atoms with van der Waals surface area (Å²) in [6.45, 7) is 5.80. The summed E-state index contributed by atoms with van der Waals surface area (Å²) in [5, 5.41) is 3.30. The lowest BCUT2D eigenvalue weighted by molar-refractivity contribution is -0.130. The molecular weight excluding hydrogens is 212 g/mol. The van der Waals surface area contributed by atoms with Gasteiger partial charge in [-0.15, -0.1) is 0 Å². The molecule has 98 valence electrons. The molecule has 0 aromatic carbocycles. The molecule has 0 radical (unpaired) electrons. The number of likely N-dealkylation sites (tertiary alicyclic amines) is 1. The van der Waals surface area contributed by atoms with Crippen LogP contribution < -0.4 is 5.32 Å². The molecule has 0 bridgehead atoms. The first-order valence-corrected chi connectivity index (χ1v) is 7.28. The molecule has 3 nitrogen and oxygen atoms in total. The minimum absolute atomic E-state index is 0.308. The third-order valence-electron chi connectivity index (χ3n) is 4.18. The topological polar surface area (TPSA) is 32.3 Å². The van der Waals surface area contributed by atoms with E-state index in [0.29, 0.717) is 12.5 Å². The number of hydrogen-bond acceptors (Lipinski definition) is 2. The van der Waals surface area contributed by atoms with Gasteiger partial charge >= 0.3 is 0 Å². The molecule has 0 aromatic heterocycles. The van der Waals surface area contributed by atoms with Gasteiger partial charge in [-0.3, -0.25) is 4.79 Å². The molecule has 2 fully saturated rings. The van der Waals surface area contributed by atoms with Gasteiger partial charge in [-0.1, -0.05) is 13.3 Å². The fraction of sp³-hybridized carbons (Fsp3) is 0.929. The highest BCUT2D eigenvalue weighted by Crippen LogP contribution is 2.27. The van der Waals surface area contributed by atoms with Crippen LogP contribution in [0, 0.1) is 11.8 Å². The van der Waals surface area contributed by atoms with Crippen molar-refractivity contribution < 1.29 is 4.79 Å². The summed E-state index contributed by atoms with van der Waals surface area (Å²) >= 11 is 0. The Kier molecular flexibility index (Phi) is 4.84. The van der Waals surface area contributed by atoms with Gasteiger partial charge in [0.1, 0.15) is 0 Å². The molecule has 1 atom stereocenters. The maximum atomic E-state index is 12.0. The predicted octanol–water partition coefficient (Wildman–Crippen LogP) is 2.02. The normalized spacial score (nSPS) is 25.7. The Morgan fingerprint density at radius 1 is 1.18 bits per heavy atom. The largest absolute Gasteiger partial charge is 0.342 e. The van der Waals surface area contributed by atoms with E-state index >= 15 is 0 Å². The highest BCUT2D eigenvalue weighted by molar-refractivity contribution is 5.78. The lowest BCUT2D eigenvalue weighted by atomic mass is 9.98. The SMILES string of the molecule is CCC1CCCN(C(=O)CNCC2CC2)CC1. The quantitative estimate of drug-likeness (QED) is 0.795. The molecule has 0 spiro atoms. The van der Waals surface area contributed by atoms with E-state index in [2.05, 4.69) is 17.1 Å². The molecule has 17 heavy (non-hydrogen) atoms. The zero-order valence-electron chi connectivity index (χ0n) is 11.1. The smallest absolute Gasteiger partial charge is 0.236 e. The van der Waals surface area contributed by atoms with Gasteiger partial charge in [0.25, 0.3) is 0 Å². The van der Waals surface area contributed by atoms with Gasteiger partial charge in [0.2, 0.25) is 5.91 Å². The highest BCUT2D eigenvalue weighted by atomic mass is 16.2. The first kappa shape index (κ1) is 12.9. The molecule has 1 amide bonds. The van der Waals surface area contributed by atoms with Crippen molar-refractivity contribution in [3.8, 4) is 0 Å². The number of nitrogens with zero attached hydrogens (tertiary/aromatic N) is 1. The summed E-state index contributed by atoms with van der Waals surface area (Å²) in [6, 6.07) is 0. The first-order chi connectivity index (χ1) is 8.29. The van der Waals surface area contributed by atoms with Crippen molar-refractivity contribution in [2.24, 2.45) is 11.8 Å². The Balaban J connectivity index is 1.66. The van der Waals surface area contributed by atoms with Crippen LogP contribution in [-0.4, -0.2) is 37.0 Å². The highest BCUT2D eigenvalue weighted by Gasteiger charge is 2.22. The van der Waals surface area contributed by atoms with Crippen LogP contribution in [0.1, 0.15) is 45.4 Å². The Bertz CT molecular complexity index is 251. The zero-order valence-corrected chi connectivity index (χ0v) is 11.1. The zero-order chi connectivity index (χ0) is 12.1. The Morgan fingerprint density at radius 2 is 2.00 bits per heavy atom. The monoisotopic (exact) mass is 238 g/mol. The summed E-state index contributed by atoms with van der Waals surface area (Å²) in [6.07, 6.45) is 7.65. The molecule has 1 N–H and O–H groups in total. The average molecular weight is 238 g/mol. The van der Waals surface area contributed by atoms with E-state index in [0.717, 1.165) is 31.5 Å². The van der Waals surface area contributed by atoms with Crippen molar-refractivity contribution >= 4 is 5.91 Å². The second kappa shape index (κ2) is 6.39. The number of hydrogen-bond donors (Lipinski definition) is 1. The van der Waals surface area contributed by atoms with E-state index < -0.39 is 0 Å². The van der Waals surface area contributed by atoms with E-state index in [1.165, 1.54) is 38.5 Å². The molecule has 1 unspecified atom stereocenters. The molecule has 1 saturated carbocycles. The summed E-state index contributed by atoms with van der Waals surface area (Å²) < 4.78 is 0. The van der Waals surface area contributed by atoms with Crippen molar-refractivity contribution in [2.75, 3.05) is 26.2 Å². The molecular formula is C14H26N2O. The molecule has 2 rings (SSSR count). The second-order valence-electron chi connectivity index (χ2n) is 5.66. The van der Waals surface area contributed by atoms with E-state index in [9.17, 15) is 4.79 Å². The number of carbonyl (C=O) groups is 1. The number of nitrogens with one attached hydrogen (secondary N) is 1. The van der Waals surface area contributed by atoms with Gasteiger partial charge in [0.15, 0.2) is 0 Å². The molecule has 1 heterocycles. The first-order valence-electron chi connectivity index (χ1n) is 7.28. The van der Waals surface area contributed by atoms with Crippen LogP contribution in [0.3, 0.4) is 0 Å². The minimum Gasteiger partial charge on any atom is -0.342 e. The lowest BCUT2D eigenvalue weighted by Gasteiger charge is -2.20. The van der Waals surface area contributed by atoms with Gasteiger partial charge in [0, 0.05) is 13.1 Å². The van der Waals surface area contributed by atoms with Crippen molar-refractivity contribution in [3.63, 3.8) is 0 Å². The average Bonchev–Trinajstić information content (AvgIpc) is 3.14. The Labute approximate surface area is 105 Å². The molecule has 1 aliphatic heterocycles. The third-order valence-corrected chi connectivity index (χ3v) is 4.18. The summed E-state index contributed by atoms with van der Waals surface area (Å²) in [4.78, 5) is 14.1. The van der Waals surface area contributed by atoms with Crippen molar-refractivity contribution in [3.05, 3.63) is 0 Å². The van der Waals surface area contributed by atoms with E-state index in [-0.39, 0.29) is 0 Å². The third kappa shape index (κ3) is 4.30. The number of amides is 1. The van der Waals surface area contributed by atoms with Gasteiger partial charge in [0.05, 0.1) is 6.54 Å². The summed E-state index contributed by atoms with van der Waals surface area (Å²) in [5.41, 5.74) is 0. The van der Waals surface area contributed by atoms with Crippen LogP contribution in [0.15, 0.2) is 0 Å². The van der Waals surface area contributed by atoms with E-state index in [4.69, 9.17) is 0 Å². The molecule has 3 heteroatoms. The van der Waals surface area contributed by atoms with Gasteiger partial charge < -0.3 is 10.2 Å². The summed E-state index contributed by atoms with van der Waals surface area (Å²) in [7, 11) is 0. The molecule has 2 aliphatic rings. The molecule has 1 aliphatic carbocycles. The van der Waals surface area contributed by atoms with E-state index in [1.54, 1.807) is 0 Å². The van der Waals surface area contributed by atoms with Gasteiger partial charge in [-0.25, -0.2) is 0 Å². The van der Waals surface area contributed by atoms with Crippen LogP contribution in [-0.2, 0) is 4.79 Å². The molecule has 0 aromatic rings. The van der Waals surface area contributed by atoms with Crippen LogP contribution in [0.25, 0.3) is 0 Å². The Morgan fingerprint density at radius 3 is 2.71 bits per heavy atom. The maximum absolute atomic E-state index is 12.0. The van der Waals surface area contributed by atoms with Crippen LogP contribution in [0.5, 0.6) is 0 Å². The fourth-order valence-electron chi connectivity index (χ4n) is 2.64. The standard InChI is InChI=1S/C14H26N2O/c1-2-12-4-3-8-16(9-7-12)14(17)11-15-10-13-5-6-13/h12-13,15H,2-11H2,1H3. The van der Waals surface area contributed by atoms with Crippen molar-refractivity contribution in [2.45, 2.75) is 45.4 Å². The Hall–Kier alpha value is -0.570. The second-order valence-corrected chi connectivity index (χ2v) is 5.66. The van der Waals surface area contributed by atoms with Gasteiger partial charge in [-0.05, 0) is 50.5 Å². The number of rotatable bonds is 5. The van der Waals surface area contributed by atoms with E-state index in [1.807, 2.05) is 0 Å². The van der Waals surface area contributed by atoms with Crippen LogP contribution in [0.2, 0.25) is 0 Å². The van der Waals surface area contributed by atoms with Crippen LogP contribution in [0.4, 0.5) is 0 Å². The maximum Gasteiger partial charge on any atom is 0.236 e. The minimum atomic E-state index is 0.308. The number of carbonyl (C=O) groups excluding carboxylic acids is 1. The fourth-order valence-corrected chi connectivity index (χ4v) is 2.64.